The molecule has 7 heteroatoms. The molecule has 0 aliphatic carbocycles. The molecule has 0 aliphatic heterocycles. The number of hydrogen-bond acceptors (Lipinski definition) is 2. The number of alkyl halides is 3. The molecule has 0 saturated carbocycles. The second-order valence-electron chi connectivity index (χ2n) is 3.53. The summed E-state index contributed by atoms with van der Waals surface area (Å²) in [7, 11) is 0. The van der Waals surface area contributed by atoms with Crippen molar-refractivity contribution in [3.05, 3.63) is 35.9 Å². The van der Waals surface area contributed by atoms with Crippen LogP contribution in [0.5, 0.6) is 0 Å². The van der Waals surface area contributed by atoms with Gasteiger partial charge in [-0.05, 0) is 18.9 Å². The van der Waals surface area contributed by atoms with Crippen molar-refractivity contribution >= 4 is 5.91 Å². The molecule has 0 fully saturated rings. The standard InChI is InChI=1S/C9H13N.C2H2F3NO.Os/c1-8(10)7-9-5-3-2-4-6-9;3-2(4,5)1(6)7;/h2-6,8H,7,10H2,1H3;(H2,6,7);. The summed E-state index contributed by atoms with van der Waals surface area (Å²) in [5.41, 5.74) is 10.7. The minimum Gasteiger partial charge on any atom is -0.362 e. The number of primary amides is 1. The number of carbonyl (C=O) groups is 1. The van der Waals surface area contributed by atoms with Gasteiger partial charge >= 0.3 is 12.1 Å². The molecule has 0 bridgehead atoms. The van der Waals surface area contributed by atoms with Crippen LogP contribution in [0.25, 0.3) is 0 Å². The van der Waals surface area contributed by atoms with Crippen LogP contribution in [0.4, 0.5) is 13.2 Å². The summed E-state index contributed by atoms with van der Waals surface area (Å²) in [4.78, 5) is 9.12. The molecule has 4 N–H and O–H groups in total. The fraction of sp³-hybridized carbons (Fsp3) is 0.364. The Morgan fingerprint density at radius 2 is 1.67 bits per heavy atom. The van der Waals surface area contributed by atoms with E-state index in [2.05, 4.69) is 17.9 Å². The molecule has 1 aromatic rings. The number of halogens is 3. The number of carbonyl (C=O) groups excluding carboxylic acids is 1. The second-order valence-corrected chi connectivity index (χ2v) is 3.53. The van der Waals surface area contributed by atoms with E-state index in [-0.39, 0.29) is 25.8 Å². The normalized spacial score (nSPS) is 11.6. The molecule has 0 spiro atoms. The quantitative estimate of drug-likeness (QED) is 0.737. The molecule has 0 saturated heterocycles. The molecule has 0 aliphatic rings. The average molecular weight is 438 g/mol. The molecule has 18 heavy (non-hydrogen) atoms. The minimum atomic E-state index is -4.86. The monoisotopic (exact) mass is 440 g/mol. The Morgan fingerprint density at radius 1 is 1.28 bits per heavy atom. The maximum Gasteiger partial charge on any atom is 0.470 e. The van der Waals surface area contributed by atoms with Crippen molar-refractivity contribution in [3.8, 4) is 0 Å². The van der Waals surface area contributed by atoms with Crippen molar-refractivity contribution in [3.63, 3.8) is 0 Å². The Kier molecular flexibility index (Phi) is 9.78. The van der Waals surface area contributed by atoms with Crippen LogP contribution in [0.15, 0.2) is 30.3 Å². The van der Waals surface area contributed by atoms with Crippen molar-refractivity contribution in [2.24, 2.45) is 11.5 Å². The van der Waals surface area contributed by atoms with Gasteiger partial charge in [0.15, 0.2) is 0 Å². The molecule has 104 valence electrons. The zero-order chi connectivity index (χ0) is 13.5. The summed E-state index contributed by atoms with van der Waals surface area (Å²) >= 11 is 0. The summed E-state index contributed by atoms with van der Waals surface area (Å²) < 4.78 is 32.1. The van der Waals surface area contributed by atoms with E-state index in [1.165, 1.54) is 5.56 Å². The maximum atomic E-state index is 10.7. The van der Waals surface area contributed by atoms with Crippen LogP contribution in [0.1, 0.15) is 12.5 Å². The second kappa shape index (κ2) is 9.07. The summed E-state index contributed by atoms with van der Waals surface area (Å²) in [5, 5.41) is 0. The molecule has 1 amide bonds. The number of nitrogens with two attached hydrogens (primary N) is 2. The van der Waals surface area contributed by atoms with Gasteiger partial charge < -0.3 is 11.5 Å². The van der Waals surface area contributed by atoms with Gasteiger partial charge in [-0.2, -0.15) is 13.2 Å². The molecule has 0 radical (unpaired) electrons. The van der Waals surface area contributed by atoms with E-state index in [1.54, 1.807) is 0 Å². The van der Waals surface area contributed by atoms with Crippen LogP contribution < -0.4 is 11.5 Å². The molecule has 1 unspecified atom stereocenters. The third-order valence-corrected chi connectivity index (χ3v) is 1.68. The Morgan fingerprint density at radius 3 is 1.94 bits per heavy atom. The molecule has 1 aromatic carbocycles. The van der Waals surface area contributed by atoms with Crippen LogP contribution >= 0.6 is 0 Å². The van der Waals surface area contributed by atoms with E-state index in [9.17, 15) is 13.2 Å². The van der Waals surface area contributed by atoms with E-state index in [1.807, 2.05) is 25.1 Å². The first-order valence-electron chi connectivity index (χ1n) is 4.89. The van der Waals surface area contributed by atoms with Crippen LogP contribution in [0.2, 0.25) is 0 Å². The molecule has 1 rings (SSSR count). The zero-order valence-electron chi connectivity index (χ0n) is 9.72. The fourth-order valence-electron chi connectivity index (χ4n) is 0.986. The SMILES string of the molecule is CC(N)Cc1ccccc1.NC(=O)C(F)(F)F.[Os]. The van der Waals surface area contributed by atoms with E-state index in [0.717, 1.165) is 6.42 Å². The first-order valence-corrected chi connectivity index (χ1v) is 4.89. The summed E-state index contributed by atoms with van der Waals surface area (Å²) in [6.07, 6.45) is -3.89. The van der Waals surface area contributed by atoms with Gasteiger partial charge in [-0.15, -0.1) is 0 Å². The van der Waals surface area contributed by atoms with Gasteiger partial charge in [0.1, 0.15) is 0 Å². The third kappa shape index (κ3) is 10.2. The summed E-state index contributed by atoms with van der Waals surface area (Å²) in [6.45, 7) is 2.02. The Hall–Kier alpha value is -0.924. The first-order chi connectivity index (χ1) is 7.73. The van der Waals surface area contributed by atoms with Crippen LogP contribution in [-0.2, 0) is 31.0 Å². The number of rotatable bonds is 2. The Bertz CT molecular complexity index is 342. The molecule has 0 aromatic heterocycles. The molecular formula is C11H15F3N2OOs. The maximum absolute atomic E-state index is 10.7. The largest absolute Gasteiger partial charge is 0.470 e. The zero-order valence-corrected chi connectivity index (χ0v) is 12.3. The van der Waals surface area contributed by atoms with Gasteiger partial charge in [0.05, 0.1) is 0 Å². The van der Waals surface area contributed by atoms with E-state index in [0.29, 0.717) is 0 Å². The van der Waals surface area contributed by atoms with Crippen molar-refractivity contribution in [1.29, 1.82) is 0 Å². The predicted molar refractivity (Wildman–Crippen MR) is 59.0 cm³/mol. The Balaban J connectivity index is 0. The first kappa shape index (κ1) is 19.4. The van der Waals surface area contributed by atoms with Gasteiger partial charge in [0.2, 0.25) is 0 Å². The van der Waals surface area contributed by atoms with Gasteiger partial charge in [0.25, 0.3) is 0 Å². The van der Waals surface area contributed by atoms with E-state index >= 15 is 0 Å². The predicted octanol–water partition coefficient (Wildman–Crippen LogP) is 1.61. The number of hydrogen-bond donors (Lipinski definition) is 2. The molecular weight excluding hydrogens is 423 g/mol. The van der Waals surface area contributed by atoms with E-state index in [4.69, 9.17) is 10.5 Å². The van der Waals surface area contributed by atoms with Gasteiger partial charge in [0, 0.05) is 25.8 Å². The van der Waals surface area contributed by atoms with Gasteiger partial charge in [-0.25, -0.2) is 0 Å². The number of benzene rings is 1. The average Bonchev–Trinajstić information content (AvgIpc) is 2.17. The van der Waals surface area contributed by atoms with Crippen LogP contribution in [0, 0.1) is 0 Å². The van der Waals surface area contributed by atoms with Crippen molar-refractivity contribution < 1.29 is 37.8 Å². The van der Waals surface area contributed by atoms with Crippen LogP contribution in [0.3, 0.4) is 0 Å². The van der Waals surface area contributed by atoms with Gasteiger partial charge in [-0.1, -0.05) is 30.3 Å². The minimum absolute atomic E-state index is 0. The van der Waals surface area contributed by atoms with Crippen molar-refractivity contribution in [2.75, 3.05) is 0 Å². The van der Waals surface area contributed by atoms with Gasteiger partial charge in [-0.3, -0.25) is 4.79 Å². The molecule has 0 heterocycles. The summed E-state index contributed by atoms with van der Waals surface area (Å²) in [6, 6.07) is 10.6. The Labute approximate surface area is 117 Å². The fourth-order valence-corrected chi connectivity index (χ4v) is 0.986. The van der Waals surface area contributed by atoms with E-state index < -0.39 is 12.1 Å². The molecule has 3 nitrogen and oxygen atoms in total. The molecule has 1 atom stereocenters. The summed E-state index contributed by atoms with van der Waals surface area (Å²) in [5.74, 6) is -2.26. The topological polar surface area (TPSA) is 69.1 Å². The van der Waals surface area contributed by atoms with Crippen LogP contribution in [-0.4, -0.2) is 18.1 Å². The van der Waals surface area contributed by atoms with Crippen molar-refractivity contribution in [1.82, 2.24) is 0 Å². The van der Waals surface area contributed by atoms with Crippen molar-refractivity contribution in [2.45, 2.75) is 25.6 Å². The smallest absolute Gasteiger partial charge is 0.362 e. The number of amides is 1. The third-order valence-electron chi connectivity index (χ3n) is 1.68.